The smallest absolute Gasteiger partial charge is 0.131 e. The fourth-order valence-electron chi connectivity index (χ4n) is 1.91. The van der Waals surface area contributed by atoms with Gasteiger partial charge in [0.1, 0.15) is 11.5 Å². The van der Waals surface area contributed by atoms with E-state index in [1.807, 2.05) is 31.2 Å². The molecule has 1 atom stereocenters. The third-order valence-electron chi connectivity index (χ3n) is 2.86. The van der Waals surface area contributed by atoms with E-state index in [2.05, 4.69) is 40.4 Å². The maximum absolute atomic E-state index is 6.00. The molecule has 2 N–H and O–H groups in total. The second kappa shape index (κ2) is 7.16. The fourth-order valence-corrected chi connectivity index (χ4v) is 2.66. The Morgan fingerprint density at radius 3 is 2.50 bits per heavy atom. The van der Waals surface area contributed by atoms with Gasteiger partial charge in [-0.1, -0.05) is 22.0 Å². The lowest BCUT2D eigenvalue weighted by Crippen LogP contribution is -2.18. The Morgan fingerprint density at radius 1 is 1.20 bits per heavy atom. The first-order valence-corrected chi connectivity index (χ1v) is 8.46. The molecule has 0 amide bonds. The molecule has 0 aliphatic rings. The third-order valence-corrected chi connectivity index (χ3v) is 4.10. The quantitative estimate of drug-likeness (QED) is 0.781. The molecule has 0 aromatic heterocycles. The summed E-state index contributed by atoms with van der Waals surface area (Å²) in [6.07, 6.45) is 2.86. The van der Waals surface area contributed by atoms with Crippen LogP contribution in [-0.4, -0.2) is 12.3 Å². The second-order valence-corrected chi connectivity index (χ2v) is 6.51. The highest BCUT2D eigenvalue weighted by Gasteiger charge is 2.08. The first-order valence-electron chi connectivity index (χ1n) is 6.44. The Bertz CT molecular complexity index is 569. The molecule has 0 aliphatic heterocycles. The molecule has 2 nitrogen and oxygen atoms in total. The van der Waals surface area contributed by atoms with Crippen LogP contribution in [0.25, 0.3) is 0 Å². The van der Waals surface area contributed by atoms with Gasteiger partial charge in [0.05, 0.1) is 0 Å². The minimum absolute atomic E-state index is 0.109. The molecule has 0 heterocycles. The lowest BCUT2D eigenvalue weighted by atomic mass is 10.1. The van der Waals surface area contributed by atoms with Crippen LogP contribution in [0.1, 0.15) is 12.5 Å². The molecule has 0 saturated heterocycles. The number of hydrogen-bond donors (Lipinski definition) is 1. The summed E-state index contributed by atoms with van der Waals surface area (Å²) in [5, 5.41) is 0. The van der Waals surface area contributed by atoms with E-state index in [1.165, 1.54) is 4.90 Å². The summed E-state index contributed by atoms with van der Waals surface area (Å²) >= 11 is 5.20. The Balaban J connectivity index is 2.24. The zero-order valence-electron chi connectivity index (χ0n) is 11.6. The number of nitrogens with two attached hydrogens (primary N) is 1. The number of thioether (sulfide) groups is 1. The molecule has 0 bridgehead atoms. The van der Waals surface area contributed by atoms with E-state index in [0.29, 0.717) is 0 Å². The molecule has 0 radical (unpaired) electrons. The van der Waals surface area contributed by atoms with Crippen LogP contribution in [0, 0.1) is 0 Å². The SMILES string of the molecule is CSc1ccc(Oc2cc(Br)ccc2CC(C)N)cc1. The summed E-state index contributed by atoms with van der Waals surface area (Å²) in [5.74, 6) is 1.69. The van der Waals surface area contributed by atoms with E-state index in [0.717, 1.165) is 28.0 Å². The van der Waals surface area contributed by atoms with Crippen molar-refractivity contribution in [2.45, 2.75) is 24.3 Å². The lowest BCUT2D eigenvalue weighted by molar-refractivity contribution is 0.473. The predicted octanol–water partition coefficient (Wildman–Crippen LogP) is 4.85. The van der Waals surface area contributed by atoms with Gasteiger partial charge in [0.25, 0.3) is 0 Å². The van der Waals surface area contributed by atoms with E-state index in [9.17, 15) is 0 Å². The predicted molar refractivity (Wildman–Crippen MR) is 89.8 cm³/mol. The molecule has 2 aromatic carbocycles. The minimum Gasteiger partial charge on any atom is -0.457 e. The average molecular weight is 352 g/mol. The monoisotopic (exact) mass is 351 g/mol. The van der Waals surface area contributed by atoms with Gasteiger partial charge in [0.15, 0.2) is 0 Å². The molecule has 0 saturated carbocycles. The van der Waals surface area contributed by atoms with Crippen molar-refractivity contribution in [1.29, 1.82) is 0 Å². The van der Waals surface area contributed by atoms with Crippen LogP contribution < -0.4 is 10.5 Å². The van der Waals surface area contributed by atoms with Gasteiger partial charge in [-0.25, -0.2) is 0 Å². The molecule has 0 fully saturated rings. The summed E-state index contributed by atoms with van der Waals surface area (Å²) in [6.45, 7) is 2.00. The highest BCUT2D eigenvalue weighted by Crippen LogP contribution is 2.30. The van der Waals surface area contributed by atoms with Gasteiger partial charge in [-0.2, -0.15) is 0 Å². The van der Waals surface area contributed by atoms with Crippen LogP contribution in [0.3, 0.4) is 0 Å². The number of benzene rings is 2. The van der Waals surface area contributed by atoms with E-state index in [-0.39, 0.29) is 6.04 Å². The van der Waals surface area contributed by atoms with Gasteiger partial charge in [-0.05, 0) is 61.6 Å². The van der Waals surface area contributed by atoms with Crippen molar-refractivity contribution in [2.24, 2.45) is 5.73 Å². The van der Waals surface area contributed by atoms with Crippen LogP contribution in [0.5, 0.6) is 11.5 Å². The average Bonchev–Trinajstić information content (AvgIpc) is 2.42. The molecule has 0 spiro atoms. The van der Waals surface area contributed by atoms with Crippen molar-refractivity contribution in [1.82, 2.24) is 0 Å². The molecule has 2 rings (SSSR count). The van der Waals surface area contributed by atoms with Crippen LogP contribution in [-0.2, 0) is 6.42 Å². The molecular weight excluding hydrogens is 334 g/mol. The molecule has 2 aromatic rings. The Kier molecular flexibility index (Phi) is 5.52. The van der Waals surface area contributed by atoms with Crippen molar-refractivity contribution in [3.8, 4) is 11.5 Å². The first kappa shape index (κ1) is 15.4. The van der Waals surface area contributed by atoms with Crippen molar-refractivity contribution >= 4 is 27.7 Å². The van der Waals surface area contributed by atoms with Gasteiger partial charge < -0.3 is 10.5 Å². The maximum atomic E-state index is 6.00. The van der Waals surface area contributed by atoms with Gasteiger partial charge >= 0.3 is 0 Å². The molecule has 0 aliphatic carbocycles. The molecule has 20 heavy (non-hydrogen) atoms. The summed E-state index contributed by atoms with van der Waals surface area (Å²) in [5.41, 5.74) is 7.01. The summed E-state index contributed by atoms with van der Waals surface area (Å²) in [6, 6.07) is 14.3. The normalized spacial score (nSPS) is 12.2. The zero-order valence-corrected chi connectivity index (χ0v) is 14.0. The standard InChI is InChI=1S/C16H18BrNOS/c1-11(18)9-12-3-4-13(17)10-16(12)19-14-5-7-15(20-2)8-6-14/h3-8,10-11H,9,18H2,1-2H3. The molecule has 4 heteroatoms. The maximum Gasteiger partial charge on any atom is 0.131 e. The number of halogens is 1. The second-order valence-electron chi connectivity index (χ2n) is 4.71. The van der Waals surface area contributed by atoms with E-state index >= 15 is 0 Å². The zero-order chi connectivity index (χ0) is 14.5. The van der Waals surface area contributed by atoms with Crippen molar-refractivity contribution in [3.63, 3.8) is 0 Å². The minimum atomic E-state index is 0.109. The van der Waals surface area contributed by atoms with Gasteiger partial charge in [0, 0.05) is 15.4 Å². The van der Waals surface area contributed by atoms with Crippen molar-refractivity contribution in [2.75, 3.05) is 6.26 Å². The number of ether oxygens (including phenoxy) is 1. The van der Waals surface area contributed by atoms with Crippen LogP contribution in [0.2, 0.25) is 0 Å². The van der Waals surface area contributed by atoms with Crippen LogP contribution in [0.15, 0.2) is 51.8 Å². The highest BCUT2D eigenvalue weighted by molar-refractivity contribution is 9.10. The summed E-state index contributed by atoms with van der Waals surface area (Å²) in [7, 11) is 0. The van der Waals surface area contributed by atoms with Crippen LogP contribution in [0.4, 0.5) is 0 Å². The van der Waals surface area contributed by atoms with E-state index in [1.54, 1.807) is 11.8 Å². The number of rotatable bonds is 5. The van der Waals surface area contributed by atoms with Gasteiger partial charge in [-0.15, -0.1) is 11.8 Å². The van der Waals surface area contributed by atoms with E-state index < -0.39 is 0 Å². The summed E-state index contributed by atoms with van der Waals surface area (Å²) < 4.78 is 7.00. The van der Waals surface area contributed by atoms with Gasteiger partial charge in [0.2, 0.25) is 0 Å². The lowest BCUT2D eigenvalue weighted by Gasteiger charge is -2.13. The van der Waals surface area contributed by atoms with Gasteiger partial charge in [-0.3, -0.25) is 0 Å². The van der Waals surface area contributed by atoms with Crippen molar-refractivity contribution in [3.05, 3.63) is 52.5 Å². The Morgan fingerprint density at radius 2 is 1.90 bits per heavy atom. The molecule has 106 valence electrons. The first-order chi connectivity index (χ1) is 9.58. The topological polar surface area (TPSA) is 35.2 Å². The highest BCUT2D eigenvalue weighted by atomic mass is 79.9. The molecule has 1 unspecified atom stereocenters. The molecular formula is C16H18BrNOS. The number of hydrogen-bond acceptors (Lipinski definition) is 3. The van der Waals surface area contributed by atoms with E-state index in [4.69, 9.17) is 10.5 Å². The summed E-state index contributed by atoms with van der Waals surface area (Å²) in [4.78, 5) is 1.22. The Labute approximate surface area is 132 Å². The largest absolute Gasteiger partial charge is 0.457 e. The fraction of sp³-hybridized carbons (Fsp3) is 0.250. The Hall–Kier alpha value is -0.970. The third kappa shape index (κ3) is 4.27. The van der Waals surface area contributed by atoms with Crippen LogP contribution >= 0.6 is 27.7 Å². The van der Waals surface area contributed by atoms with Crippen molar-refractivity contribution < 1.29 is 4.74 Å².